The smallest absolute Gasteiger partial charge is 0.325 e. The molecule has 0 radical (unpaired) electrons. The normalized spacial score (nSPS) is 21.5. The quantitative estimate of drug-likeness (QED) is 0.816. The fraction of sp³-hybridized carbons (Fsp3) is 0.500. The van der Waals surface area contributed by atoms with Crippen LogP contribution in [0.4, 0.5) is 4.79 Å². The molecule has 2 fully saturated rings. The second kappa shape index (κ2) is 6.76. The van der Waals surface area contributed by atoms with Gasteiger partial charge in [-0.15, -0.1) is 0 Å². The lowest BCUT2D eigenvalue weighted by molar-refractivity contribution is -0.137. The van der Waals surface area contributed by atoms with E-state index in [1.165, 1.54) is 0 Å². The molecule has 2 saturated heterocycles. The number of nitrogens with one attached hydrogen (secondary N) is 1. The van der Waals surface area contributed by atoms with E-state index in [-0.39, 0.29) is 24.9 Å². The van der Waals surface area contributed by atoms with E-state index in [0.717, 1.165) is 29.9 Å². The number of likely N-dealkylation sites (tertiary alicyclic amines) is 1. The molecule has 0 unspecified atom stereocenters. The van der Waals surface area contributed by atoms with Gasteiger partial charge in [0.05, 0.1) is 6.54 Å². The van der Waals surface area contributed by atoms with Crippen molar-refractivity contribution in [2.45, 2.75) is 19.3 Å². The van der Waals surface area contributed by atoms with Crippen molar-refractivity contribution in [3.8, 4) is 0 Å². The minimum Gasteiger partial charge on any atom is -0.341 e. The number of carbonyl (C=O) groups excluding carboxylic acids is 3. The highest BCUT2D eigenvalue weighted by atomic mass is 16.2. The largest absolute Gasteiger partial charge is 0.341 e. The van der Waals surface area contributed by atoms with E-state index >= 15 is 0 Å². The summed E-state index contributed by atoms with van der Waals surface area (Å²) in [5, 5.41) is 2.43. The van der Waals surface area contributed by atoms with Gasteiger partial charge in [-0.05, 0) is 37.3 Å². The molecule has 2 aliphatic rings. The maximum Gasteiger partial charge on any atom is 0.325 e. The maximum absolute atomic E-state index is 12.4. The van der Waals surface area contributed by atoms with Crippen LogP contribution in [0.5, 0.6) is 0 Å². The Balaban J connectivity index is 1.56. The topological polar surface area (TPSA) is 82.6 Å². The Hall–Kier alpha value is -2.44. The third-order valence-electron chi connectivity index (χ3n) is 4.33. The Morgan fingerprint density at radius 3 is 2.91 bits per heavy atom. The minimum atomic E-state index is -0.481. The number of piperidine rings is 1. The summed E-state index contributed by atoms with van der Waals surface area (Å²) in [4.78, 5) is 42.6. The van der Waals surface area contributed by atoms with E-state index in [4.69, 9.17) is 0 Å². The van der Waals surface area contributed by atoms with Gasteiger partial charge in [-0.25, -0.2) is 4.79 Å². The molecule has 2 aliphatic heterocycles. The molecule has 0 saturated carbocycles. The summed E-state index contributed by atoms with van der Waals surface area (Å²) in [6, 6.07) is 5.36. The van der Waals surface area contributed by atoms with Crippen LogP contribution in [0.25, 0.3) is 0 Å². The van der Waals surface area contributed by atoms with Gasteiger partial charge >= 0.3 is 6.03 Å². The van der Waals surface area contributed by atoms with Crippen molar-refractivity contribution in [2.24, 2.45) is 5.92 Å². The minimum absolute atomic E-state index is 0.0194. The van der Waals surface area contributed by atoms with Gasteiger partial charge in [-0.3, -0.25) is 19.5 Å². The Kier molecular flexibility index (Phi) is 4.55. The molecule has 23 heavy (non-hydrogen) atoms. The van der Waals surface area contributed by atoms with Crippen LogP contribution in [-0.2, 0) is 16.0 Å². The lowest BCUT2D eigenvalue weighted by Crippen LogP contribution is -2.47. The maximum atomic E-state index is 12.4. The van der Waals surface area contributed by atoms with Crippen molar-refractivity contribution in [2.75, 3.05) is 26.2 Å². The first-order valence-corrected chi connectivity index (χ1v) is 7.89. The van der Waals surface area contributed by atoms with Crippen LogP contribution < -0.4 is 5.32 Å². The van der Waals surface area contributed by atoms with Crippen molar-refractivity contribution >= 4 is 17.8 Å². The highest BCUT2D eigenvalue weighted by molar-refractivity contribution is 6.04. The van der Waals surface area contributed by atoms with E-state index in [0.29, 0.717) is 19.0 Å². The average Bonchev–Trinajstić information content (AvgIpc) is 2.88. The van der Waals surface area contributed by atoms with E-state index in [9.17, 15) is 14.4 Å². The van der Waals surface area contributed by atoms with Crippen LogP contribution in [0.15, 0.2) is 24.4 Å². The number of urea groups is 1. The van der Waals surface area contributed by atoms with Gasteiger partial charge in [0.1, 0.15) is 6.54 Å². The van der Waals surface area contributed by atoms with Crippen LogP contribution in [-0.4, -0.2) is 58.8 Å². The second-order valence-electron chi connectivity index (χ2n) is 6.01. The first kappa shape index (κ1) is 15.5. The Bertz CT molecular complexity index is 589. The fourth-order valence-electron chi connectivity index (χ4n) is 3.12. The predicted octanol–water partition coefficient (Wildman–Crippen LogP) is 0.414. The van der Waals surface area contributed by atoms with Gasteiger partial charge in [0.2, 0.25) is 5.91 Å². The zero-order valence-corrected chi connectivity index (χ0v) is 12.9. The van der Waals surface area contributed by atoms with Crippen molar-refractivity contribution in [3.05, 3.63) is 30.1 Å². The number of rotatable bonds is 4. The van der Waals surface area contributed by atoms with E-state index in [1.807, 2.05) is 18.2 Å². The van der Waals surface area contributed by atoms with Crippen molar-refractivity contribution < 1.29 is 14.4 Å². The SMILES string of the molecule is O=C(CN1C(=O)CNC1=O)N1CCC[C@H](Cc2ccccn2)C1. The van der Waals surface area contributed by atoms with Gasteiger partial charge in [-0.2, -0.15) is 0 Å². The fourth-order valence-corrected chi connectivity index (χ4v) is 3.12. The zero-order chi connectivity index (χ0) is 16.2. The number of aromatic nitrogens is 1. The van der Waals surface area contributed by atoms with Crippen LogP contribution in [0.1, 0.15) is 18.5 Å². The van der Waals surface area contributed by atoms with E-state index in [2.05, 4.69) is 10.3 Å². The summed E-state index contributed by atoms with van der Waals surface area (Å²) in [5.41, 5.74) is 1.03. The number of imide groups is 1. The third kappa shape index (κ3) is 3.67. The predicted molar refractivity (Wildman–Crippen MR) is 82.4 cm³/mol. The van der Waals surface area contributed by atoms with Crippen LogP contribution in [0.2, 0.25) is 0 Å². The van der Waals surface area contributed by atoms with Crippen molar-refractivity contribution in [3.63, 3.8) is 0 Å². The average molecular weight is 316 g/mol. The zero-order valence-electron chi connectivity index (χ0n) is 12.9. The standard InChI is InChI=1S/C16H20N4O3/c21-14-9-18-16(23)20(14)11-15(22)19-7-3-4-12(10-19)8-13-5-1-2-6-17-13/h1-2,5-6,12H,3-4,7-11H2,(H,18,23)/t12-/m1/s1. The molecule has 122 valence electrons. The van der Waals surface area contributed by atoms with Gasteiger partial charge < -0.3 is 10.2 Å². The summed E-state index contributed by atoms with van der Waals surface area (Å²) < 4.78 is 0. The van der Waals surface area contributed by atoms with Gasteiger partial charge in [0, 0.05) is 25.0 Å². The van der Waals surface area contributed by atoms with Gasteiger partial charge in [0.15, 0.2) is 0 Å². The molecule has 4 amide bonds. The number of pyridine rings is 1. The van der Waals surface area contributed by atoms with Crippen molar-refractivity contribution in [1.29, 1.82) is 0 Å². The van der Waals surface area contributed by atoms with E-state index < -0.39 is 6.03 Å². The monoisotopic (exact) mass is 316 g/mol. The molecular weight excluding hydrogens is 296 g/mol. The highest BCUT2D eigenvalue weighted by Gasteiger charge is 2.32. The summed E-state index contributed by atoms with van der Waals surface area (Å²) in [5.74, 6) is -0.141. The lowest BCUT2D eigenvalue weighted by Gasteiger charge is -2.33. The Morgan fingerprint density at radius 2 is 2.22 bits per heavy atom. The van der Waals surface area contributed by atoms with Crippen LogP contribution in [0.3, 0.4) is 0 Å². The molecule has 3 heterocycles. The van der Waals surface area contributed by atoms with Crippen LogP contribution in [0, 0.1) is 5.92 Å². The summed E-state index contributed by atoms with van der Waals surface area (Å²) in [6.45, 7) is 1.15. The third-order valence-corrected chi connectivity index (χ3v) is 4.33. The summed E-state index contributed by atoms with van der Waals surface area (Å²) in [7, 11) is 0. The molecule has 1 aromatic heterocycles. The molecule has 0 aliphatic carbocycles. The Labute approximate surface area is 134 Å². The molecule has 0 bridgehead atoms. The summed E-state index contributed by atoms with van der Waals surface area (Å²) in [6.07, 6.45) is 4.61. The first-order chi connectivity index (χ1) is 11.1. The molecule has 7 nitrogen and oxygen atoms in total. The number of amides is 4. The molecule has 3 rings (SSSR count). The number of hydrogen-bond acceptors (Lipinski definition) is 4. The summed E-state index contributed by atoms with van der Waals surface area (Å²) >= 11 is 0. The molecule has 1 atom stereocenters. The van der Waals surface area contributed by atoms with Crippen molar-refractivity contribution in [1.82, 2.24) is 20.1 Å². The highest BCUT2D eigenvalue weighted by Crippen LogP contribution is 2.20. The molecular formula is C16H20N4O3. The Morgan fingerprint density at radius 1 is 1.35 bits per heavy atom. The molecule has 0 spiro atoms. The number of hydrogen-bond donors (Lipinski definition) is 1. The molecule has 1 N–H and O–H groups in total. The molecule has 1 aromatic rings. The number of carbonyl (C=O) groups is 3. The lowest BCUT2D eigenvalue weighted by atomic mass is 9.93. The number of nitrogens with zero attached hydrogens (tertiary/aromatic N) is 3. The van der Waals surface area contributed by atoms with E-state index in [1.54, 1.807) is 11.1 Å². The van der Waals surface area contributed by atoms with Crippen LogP contribution >= 0.6 is 0 Å². The first-order valence-electron chi connectivity index (χ1n) is 7.89. The molecule has 0 aromatic carbocycles. The van der Waals surface area contributed by atoms with Gasteiger partial charge in [0.25, 0.3) is 5.91 Å². The van der Waals surface area contributed by atoms with Gasteiger partial charge in [-0.1, -0.05) is 6.07 Å². The molecule has 7 heteroatoms. The second-order valence-corrected chi connectivity index (χ2v) is 6.01.